The molecule has 1 aliphatic heterocycles. The molecule has 1 aromatic heterocycles. The molecule has 1 unspecified atom stereocenters. The van der Waals surface area contributed by atoms with Crippen LogP contribution in [-0.2, 0) is 11.3 Å². The number of nitro groups is 1. The summed E-state index contributed by atoms with van der Waals surface area (Å²) in [4.78, 5) is 38.3. The van der Waals surface area contributed by atoms with Gasteiger partial charge in [0.05, 0.1) is 23.1 Å². The van der Waals surface area contributed by atoms with Gasteiger partial charge in [-0.3, -0.25) is 14.9 Å². The number of urea groups is 1. The predicted octanol–water partition coefficient (Wildman–Crippen LogP) is 3.53. The number of thiophene rings is 1. The molecule has 0 saturated carbocycles. The van der Waals surface area contributed by atoms with Gasteiger partial charge in [0.15, 0.2) is 0 Å². The van der Waals surface area contributed by atoms with E-state index in [0.29, 0.717) is 31.7 Å². The van der Waals surface area contributed by atoms with Gasteiger partial charge in [0, 0.05) is 30.1 Å². The summed E-state index contributed by atoms with van der Waals surface area (Å²) in [5.74, 6) is -0.570. The lowest BCUT2D eigenvalue weighted by molar-refractivity contribution is -0.384. The first-order valence-corrected chi connectivity index (χ1v) is 9.93. The molecule has 3 amide bonds. The lowest BCUT2D eigenvalue weighted by Crippen LogP contribution is -2.47. The van der Waals surface area contributed by atoms with Crippen LogP contribution >= 0.6 is 11.3 Å². The maximum absolute atomic E-state index is 12.7. The van der Waals surface area contributed by atoms with E-state index in [-0.39, 0.29) is 23.5 Å². The first kappa shape index (κ1) is 19.8. The molecule has 8 nitrogen and oxygen atoms in total. The molecule has 1 saturated heterocycles. The average molecular weight is 402 g/mol. The molecule has 0 bridgehead atoms. The van der Waals surface area contributed by atoms with E-state index in [2.05, 4.69) is 10.6 Å². The van der Waals surface area contributed by atoms with E-state index in [9.17, 15) is 19.7 Å². The average Bonchev–Trinajstić information content (AvgIpc) is 3.21. The summed E-state index contributed by atoms with van der Waals surface area (Å²) in [6, 6.07) is 8.09. The highest BCUT2D eigenvalue weighted by Crippen LogP contribution is 2.24. The van der Waals surface area contributed by atoms with Crippen molar-refractivity contribution in [3.63, 3.8) is 0 Å². The van der Waals surface area contributed by atoms with Crippen LogP contribution in [0.1, 0.15) is 23.3 Å². The van der Waals surface area contributed by atoms with Crippen LogP contribution in [0.3, 0.4) is 0 Å². The molecule has 9 heteroatoms. The van der Waals surface area contributed by atoms with Gasteiger partial charge in [-0.25, -0.2) is 4.79 Å². The lowest BCUT2D eigenvalue weighted by atomic mass is 9.97. The van der Waals surface area contributed by atoms with Crippen molar-refractivity contribution in [3.05, 3.63) is 56.3 Å². The molecular weight excluding hydrogens is 380 g/mol. The third kappa shape index (κ3) is 4.86. The van der Waals surface area contributed by atoms with E-state index < -0.39 is 4.92 Å². The number of piperidine rings is 1. The number of likely N-dealkylation sites (tertiary alicyclic amines) is 1. The second-order valence-corrected chi connectivity index (χ2v) is 7.80. The molecular formula is C19H22N4O4S. The number of nitrogens with zero attached hydrogens (tertiary/aromatic N) is 2. The van der Waals surface area contributed by atoms with E-state index in [1.807, 2.05) is 17.5 Å². The number of non-ortho nitro benzene ring substituents is 1. The summed E-state index contributed by atoms with van der Waals surface area (Å²) in [5, 5.41) is 18.6. The highest BCUT2D eigenvalue weighted by atomic mass is 32.1. The largest absolute Gasteiger partial charge is 0.333 e. The first-order chi connectivity index (χ1) is 13.4. The number of rotatable bonds is 5. The number of carbonyl (C=O) groups excluding carboxylic acids is 2. The standard InChI is InChI=1S/C19H22N4O4S/c1-13-6-7-15(23(26)27)10-17(13)21-18(24)14-4-2-8-22(12-14)19(25)20-11-16-5-3-9-28-16/h3,5-7,9-10,14H,2,4,8,11-12H2,1H3,(H,20,25)(H,21,24). The maximum Gasteiger partial charge on any atom is 0.317 e. The quantitative estimate of drug-likeness (QED) is 0.590. The van der Waals surface area contributed by atoms with E-state index in [1.165, 1.54) is 12.1 Å². The minimum absolute atomic E-state index is 0.0703. The molecule has 3 rings (SSSR count). The minimum Gasteiger partial charge on any atom is -0.333 e. The number of amides is 3. The Morgan fingerprint density at radius 3 is 2.89 bits per heavy atom. The zero-order chi connectivity index (χ0) is 20.1. The van der Waals surface area contributed by atoms with Crippen molar-refractivity contribution in [3.8, 4) is 0 Å². The van der Waals surface area contributed by atoms with Gasteiger partial charge in [-0.15, -0.1) is 11.3 Å². The van der Waals surface area contributed by atoms with Crippen LogP contribution in [0, 0.1) is 23.0 Å². The fourth-order valence-corrected chi connectivity index (χ4v) is 3.80. The van der Waals surface area contributed by atoms with Gasteiger partial charge < -0.3 is 15.5 Å². The van der Waals surface area contributed by atoms with E-state index >= 15 is 0 Å². The third-order valence-electron chi connectivity index (χ3n) is 4.76. The second-order valence-electron chi connectivity index (χ2n) is 6.77. The topological polar surface area (TPSA) is 105 Å². The van der Waals surface area contributed by atoms with Crippen molar-refractivity contribution in [1.82, 2.24) is 10.2 Å². The summed E-state index contributed by atoms with van der Waals surface area (Å²) in [6.45, 7) is 3.19. The molecule has 0 aliphatic carbocycles. The van der Waals surface area contributed by atoms with Crippen LogP contribution in [0.15, 0.2) is 35.7 Å². The summed E-state index contributed by atoms with van der Waals surface area (Å²) in [6.07, 6.45) is 1.41. The molecule has 148 valence electrons. The summed E-state index contributed by atoms with van der Waals surface area (Å²) in [5.41, 5.74) is 1.11. The van der Waals surface area contributed by atoms with Crippen molar-refractivity contribution in [2.24, 2.45) is 5.92 Å². The van der Waals surface area contributed by atoms with E-state index in [4.69, 9.17) is 0 Å². The Morgan fingerprint density at radius 1 is 1.36 bits per heavy atom. The summed E-state index contributed by atoms with van der Waals surface area (Å²) < 4.78 is 0. The van der Waals surface area contributed by atoms with Crippen LogP contribution in [0.2, 0.25) is 0 Å². The van der Waals surface area contributed by atoms with Crippen LogP contribution in [0.25, 0.3) is 0 Å². The monoisotopic (exact) mass is 402 g/mol. The number of nitrogens with one attached hydrogen (secondary N) is 2. The minimum atomic E-state index is -0.491. The molecule has 0 radical (unpaired) electrons. The van der Waals surface area contributed by atoms with Crippen LogP contribution in [0.5, 0.6) is 0 Å². The van der Waals surface area contributed by atoms with Gasteiger partial charge in [-0.2, -0.15) is 0 Å². The first-order valence-electron chi connectivity index (χ1n) is 9.05. The predicted molar refractivity (Wildman–Crippen MR) is 107 cm³/mol. The van der Waals surface area contributed by atoms with Gasteiger partial charge in [-0.1, -0.05) is 12.1 Å². The molecule has 1 atom stereocenters. The molecule has 1 aromatic carbocycles. The Kier molecular flexibility index (Phi) is 6.25. The zero-order valence-corrected chi connectivity index (χ0v) is 16.3. The number of hydrogen-bond donors (Lipinski definition) is 2. The highest BCUT2D eigenvalue weighted by Gasteiger charge is 2.29. The Labute approximate surface area is 166 Å². The van der Waals surface area contributed by atoms with Crippen molar-refractivity contribution >= 4 is 34.6 Å². The van der Waals surface area contributed by atoms with Crippen molar-refractivity contribution in [2.75, 3.05) is 18.4 Å². The molecule has 0 spiro atoms. The number of benzene rings is 1. The van der Waals surface area contributed by atoms with E-state index in [1.54, 1.807) is 29.2 Å². The molecule has 1 aliphatic rings. The summed E-state index contributed by atoms with van der Waals surface area (Å²) in [7, 11) is 0. The van der Waals surface area contributed by atoms with Crippen molar-refractivity contribution in [1.29, 1.82) is 0 Å². The van der Waals surface area contributed by atoms with Crippen LogP contribution in [0.4, 0.5) is 16.2 Å². The Morgan fingerprint density at radius 2 is 2.18 bits per heavy atom. The normalized spacial score (nSPS) is 16.5. The fraction of sp³-hybridized carbons (Fsp3) is 0.368. The van der Waals surface area contributed by atoms with E-state index in [0.717, 1.165) is 16.9 Å². The van der Waals surface area contributed by atoms with Gasteiger partial charge in [0.1, 0.15) is 0 Å². The summed E-state index contributed by atoms with van der Waals surface area (Å²) >= 11 is 1.58. The highest BCUT2D eigenvalue weighted by molar-refractivity contribution is 7.09. The molecule has 2 heterocycles. The second kappa shape index (κ2) is 8.83. The number of anilines is 1. The van der Waals surface area contributed by atoms with Crippen molar-refractivity contribution in [2.45, 2.75) is 26.3 Å². The molecule has 2 N–H and O–H groups in total. The zero-order valence-electron chi connectivity index (χ0n) is 15.5. The Hall–Kier alpha value is -2.94. The Bertz CT molecular complexity index is 869. The lowest BCUT2D eigenvalue weighted by Gasteiger charge is -2.32. The molecule has 2 aromatic rings. The van der Waals surface area contributed by atoms with Gasteiger partial charge in [0.25, 0.3) is 5.69 Å². The molecule has 28 heavy (non-hydrogen) atoms. The van der Waals surface area contributed by atoms with Gasteiger partial charge in [0.2, 0.25) is 5.91 Å². The smallest absolute Gasteiger partial charge is 0.317 e. The third-order valence-corrected chi connectivity index (χ3v) is 5.64. The van der Waals surface area contributed by atoms with Gasteiger partial charge in [-0.05, 0) is 36.8 Å². The Balaban J connectivity index is 1.59. The number of aryl methyl sites for hydroxylation is 1. The molecule has 1 fully saturated rings. The van der Waals surface area contributed by atoms with Gasteiger partial charge >= 0.3 is 6.03 Å². The number of nitro benzene ring substituents is 1. The number of carbonyl (C=O) groups is 2. The van der Waals surface area contributed by atoms with Crippen LogP contribution < -0.4 is 10.6 Å². The fourth-order valence-electron chi connectivity index (χ4n) is 3.16. The van der Waals surface area contributed by atoms with Crippen molar-refractivity contribution < 1.29 is 14.5 Å². The number of hydrogen-bond acceptors (Lipinski definition) is 5. The SMILES string of the molecule is Cc1ccc([N+](=O)[O-])cc1NC(=O)C1CCCN(C(=O)NCc2cccs2)C1. The van der Waals surface area contributed by atoms with Crippen LogP contribution in [-0.4, -0.2) is 34.9 Å². The maximum atomic E-state index is 12.7.